The van der Waals surface area contributed by atoms with E-state index in [2.05, 4.69) is 5.32 Å². The van der Waals surface area contributed by atoms with E-state index in [9.17, 15) is 19.8 Å². The van der Waals surface area contributed by atoms with Crippen LogP contribution in [0.25, 0.3) is 0 Å². The number of hydrogen-bond donors (Lipinski definition) is 3. The van der Waals surface area contributed by atoms with E-state index in [4.69, 9.17) is 27.9 Å². The molecule has 0 amide bonds. The van der Waals surface area contributed by atoms with E-state index >= 15 is 0 Å². The third-order valence-electron chi connectivity index (χ3n) is 4.83. The largest absolute Gasteiger partial charge is 0.489 e. The van der Waals surface area contributed by atoms with Crippen LogP contribution < -0.4 is 10.1 Å². The third-order valence-corrected chi connectivity index (χ3v) is 5.57. The van der Waals surface area contributed by atoms with Crippen LogP contribution in [0.4, 0.5) is 0 Å². The Kier molecular flexibility index (Phi) is 6.39. The SMILES string of the molecule is CC1=C(C(=O)O)C(c2ccccc2OCc2ccc(Cl)c(Cl)c2)C(C(=O)O)=C(C)N1. The van der Waals surface area contributed by atoms with Crippen molar-refractivity contribution in [3.05, 3.63) is 86.2 Å². The number of dihydropyridines is 1. The Labute approximate surface area is 183 Å². The highest BCUT2D eigenvalue weighted by Gasteiger charge is 2.37. The van der Waals surface area contributed by atoms with Crippen molar-refractivity contribution in [1.82, 2.24) is 5.32 Å². The summed E-state index contributed by atoms with van der Waals surface area (Å²) in [4.78, 5) is 24.0. The molecule has 2 aromatic carbocycles. The van der Waals surface area contributed by atoms with Gasteiger partial charge in [0.1, 0.15) is 12.4 Å². The van der Waals surface area contributed by atoms with E-state index in [-0.39, 0.29) is 17.8 Å². The zero-order valence-electron chi connectivity index (χ0n) is 16.2. The second-order valence-corrected chi connectivity index (χ2v) is 7.64. The number of benzene rings is 2. The van der Waals surface area contributed by atoms with Gasteiger partial charge in [-0.2, -0.15) is 0 Å². The normalized spacial score (nSPS) is 14.5. The highest BCUT2D eigenvalue weighted by Crippen LogP contribution is 2.42. The number of ether oxygens (including phenoxy) is 1. The van der Waals surface area contributed by atoms with Crippen LogP contribution in [0.5, 0.6) is 5.75 Å². The number of rotatable bonds is 6. The van der Waals surface area contributed by atoms with Crippen LogP contribution in [-0.2, 0) is 16.2 Å². The van der Waals surface area contributed by atoms with Crippen molar-refractivity contribution in [2.45, 2.75) is 26.4 Å². The predicted octanol–water partition coefficient (Wildman–Crippen LogP) is 4.98. The smallest absolute Gasteiger partial charge is 0.334 e. The van der Waals surface area contributed by atoms with Gasteiger partial charge in [0, 0.05) is 17.0 Å². The van der Waals surface area contributed by atoms with Gasteiger partial charge in [0.2, 0.25) is 0 Å². The van der Waals surface area contributed by atoms with Crippen LogP contribution in [0.2, 0.25) is 10.0 Å². The molecule has 0 aliphatic carbocycles. The Balaban J connectivity index is 2.04. The summed E-state index contributed by atoms with van der Waals surface area (Å²) in [6.45, 7) is 3.37. The number of nitrogens with one attached hydrogen (secondary N) is 1. The molecule has 0 radical (unpaired) electrons. The summed E-state index contributed by atoms with van der Waals surface area (Å²) in [5.74, 6) is -3.01. The Hall–Kier alpha value is -2.96. The molecule has 0 saturated heterocycles. The first kappa shape index (κ1) is 21.7. The van der Waals surface area contributed by atoms with E-state index in [1.807, 2.05) is 0 Å². The molecule has 0 fully saturated rings. The fourth-order valence-electron chi connectivity index (χ4n) is 3.51. The van der Waals surface area contributed by atoms with Crippen molar-refractivity contribution in [2.75, 3.05) is 0 Å². The fourth-order valence-corrected chi connectivity index (χ4v) is 3.83. The van der Waals surface area contributed by atoms with Crippen molar-refractivity contribution in [3.8, 4) is 5.75 Å². The summed E-state index contributed by atoms with van der Waals surface area (Å²) in [5, 5.41) is 23.3. The van der Waals surface area contributed by atoms with E-state index in [1.165, 1.54) is 0 Å². The first-order valence-electron chi connectivity index (χ1n) is 9.01. The minimum Gasteiger partial charge on any atom is -0.489 e. The minimum absolute atomic E-state index is 0.0383. The molecular formula is C22H19Cl2NO5. The van der Waals surface area contributed by atoms with Crippen LogP contribution in [0.15, 0.2) is 65.0 Å². The first-order chi connectivity index (χ1) is 14.2. The molecule has 1 heterocycles. The van der Waals surface area contributed by atoms with Gasteiger partial charge in [-0.3, -0.25) is 0 Å². The first-order valence-corrected chi connectivity index (χ1v) is 9.77. The number of aliphatic carboxylic acids is 2. The van der Waals surface area contributed by atoms with Crippen LogP contribution in [0.1, 0.15) is 30.9 Å². The molecule has 3 N–H and O–H groups in total. The molecule has 0 unspecified atom stereocenters. The topological polar surface area (TPSA) is 95.9 Å². The van der Waals surface area contributed by atoms with Gasteiger partial charge >= 0.3 is 11.9 Å². The summed E-state index contributed by atoms with van der Waals surface area (Å²) in [6, 6.07) is 11.9. The molecule has 1 aliphatic rings. The maximum absolute atomic E-state index is 12.0. The van der Waals surface area contributed by atoms with Crippen molar-refractivity contribution >= 4 is 35.1 Å². The number of carboxylic acid groups (broad SMARTS) is 2. The van der Waals surface area contributed by atoms with Crippen LogP contribution >= 0.6 is 23.2 Å². The number of carboxylic acids is 2. The zero-order valence-corrected chi connectivity index (χ0v) is 17.7. The van der Waals surface area contributed by atoms with Gasteiger partial charge in [0.25, 0.3) is 0 Å². The molecule has 0 aromatic heterocycles. The Bertz CT molecular complexity index is 1050. The summed E-state index contributed by atoms with van der Waals surface area (Å²) in [6.07, 6.45) is 0. The van der Waals surface area contributed by atoms with E-state index in [0.717, 1.165) is 5.56 Å². The van der Waals surface area contributed by atoms with Gasteiger partial charge < -0.3 is 20.3 Å². The molecular weight excluding hydrogens is 429 g/mol. The molecule has 3 rings (SSSR count). The monoisotopic (exact) mass is 447 g/mol. The molecule has 6 nitrogen and oxygen atoms in total. The molecule has 0 bridgehead atoms. The number of carbonyl (C=O) groups is 2. The van der Waals surface area contributed by atoms with Crippen LogP contribution in [0, 0.1) is 0 Å². The predicted molar refractivity (Wildman–Crippen MR) is 114 cm³/mol. The van der Waals surface area contributed by atoms with Crippen LogP contribution in [0.3, 0.4) is 0 Å². The Morgan fingerprint density at radius 2 is 1.57 bits per heavy atom. The average Bonchev–Trinajstić information content (AvgIpc) is 2.67. The number of halogens is 2. The number of hydrogen-bond acceptors (Lipinski definition) is 4. The number of para-hydroxylation sites is 1. The second kappa shape index (κ2) is 8.81. The lowest BCUT2D eigenvalue weighted by Gasteiger charge is -2.29. The summed E-state index contributed by atoms with van der Waals surface area (Å²) < 4.78 is 5.94. The van der Waals surface area contributed by atoms with Gasteiger partial charge in [-0.15, -0.1) is 0 Å². The molecule has 1 aliphatic heterocycles. The van der Waals surface area contributed by atoms with Crippen molar-refractivity contribution < 1.29 is 24.5 Å². The highest BCUT2D eigenvalue weighted by molar-refractivity contribution is 6.42. The average molecular weight is 448 g/mol. The lowest BCUT2D eigenvalue weighted by molar-refractivity contribution is -0.133. The van der Waals surface area contributed by atoms with Gasteiger partial charge in [0.05, 0.1) is 27.1 Å². The summed E-state index contributed by atoms with van der Waals surface area (Å²) >= 11 is 12.0. The molecule has 0 saturated carbocycles. The number of allylic oxidation sites excluding steroid dienone is 2. The third kappa shape index (κ3) is 4.30. The maximum atomic E-state index is 12.0. The van der Waals surface area contributed by atoms with E-state index < -0.39 is 17.9 Å². The summed E-state index contributed by atoms with van der Waals surface area (Å²) in [5.41, 5.74) is 1.91. The van der Waals surface area contributed by atoms with Gasteiger partial charge in [-0.25, -0.2) is 9.59 Å². The van der Waals surface area contributed by atoms with E-state index in [1.54, 1.807) is 56.3 Å². The minimum atomic E-state index is -1.20. The highest BCUT2D eigenvalue weighted by atomic mass is 35.5. The molecule has 2 aromatic rings. The molecule has 30 heavy (non-hydrogen) atoms. The Morgan fingerprint density at radius 3 is 2.13 bits per heavy atom. The van der Waals surface area contributed by atoms with Gasteiger partial charge in [-0.05, 0) is 37.6 Å². The molecule has 156 valence electrons. The van der Waals surface area contributed by atoms with Crippen molar-refractivity contribution in [2.24, 2.45) is 0 Å². The lowest BCUT2D eigenvalue weighted by Crippen LogP contribution is -2.31. The van der Waals surface area contributed by atoms with Crippen molar-refractivity contribution in [1.29, 1.82) is 0 Å². The molecule has 0 spiro atoms. The molecule has 0 atom stereocenters. The van der Waals surface area contributed by atoms with Crippen LogP contribution in [-0.4, -0.2) is 22.2 Å². The Morgan fingerprint density at radius 1 is 0.967 bits per heavy atom. The van der Waals surface area contributed by atoms with E-state index in [0.29, 0.717) is 32.8 Å². The van der Waals surface area contributed by atoms with Gasteiger partial charge in [0.15, 0.2) is 0 Å². The zero-order chi connectivity index (χ0) is 22.0. The lowest BCUT2D eigenvalue weighted by atomic mass is 9.80. The quantitative estimate of drug-likeness (QED) is 0.577. The fraction of sp³-hybridized carbons (Fsp3) is 0.182. The maximum Gasteiger partial charge on any atom is 0.334 e. The second-order valence-electron chi connectivity index (χ2n) is 6.82. The molecule has 8 heteroatoms. The van der Waals surface area contributed by atoms with Crippen molar-refractivity contribution in [3.63, 3.8) is 0 Å². The summed E-state index contributed by atoms with van der Waals surface area (Å²) in [7, 11) is 0. The standard InChI is InChI=1S/C22H19Cl2NO5/c1-11-18(21(26)27)20(19(22(28)29)12(2)25-11)14-5-3-4-6-17(14)30-10-13-7-8-15(23)16(24)9-13/h3-9,20,25H,10H2,1-2H3,(H,26,27)(H,28,29). The van der Waals surface area contributed by atoms with Gasteiger partial charge in [-0.1, -0.05) is 47.5 Å².